The Labute approximate surface area is 156 Å². The summed E-state index contributed by atoms with van der Waals surface area (Å²) in [4.78, 5) is 4.27. The van der Waals surface area contributed by atoms with Gasteiger partial charge in [-0.05, 0) is 45.3 Å². The maximum atomic E-state index is 5.94. The second kappa shape index (κ2) is 8.25. The predicted molar refractivity (Wildman–Crippen MR) is 103 cm³/mol. The van der Waals surface area contributed by atoms with E-state index in [0.29, 0.717) is 13.1 Å². The minimum Gasteiger partial charge on any atom is -0.496 e. The van der Waals surface area contributed by atoms with Crippen LogP contribution in [0.15, 0.2) is 51.9 Å². The molecule has 0 fully saturated rings. The van der Waals surface area contributed by atoms with E-state index in [4.69, 9.17) is 9.47 Å². The van der Waals surface area contributed by atoms with E-state index in [1.165, 1.54) is 5.56 Å². The van der Waals surface area contributed by atoms with Gasteiger partial charge in [-0.1, -0.05) is 24.3 Å². The molecule has 2 aromatic carbocycles. The van der Waals surface area contributed by atoms with Crippen LogP contribution < -0.4 is 20.1 Å². The molecule has 1 aliphatic rings. The number of fused-ring (bicyclic) bond motifs is 1. The highest BCUT2D eigenvalue weighted by Crippen LogP contribution is 2.27. The first-order chi connectivity index (χ1) is 12.2. The van der Waals surface area contributed by atoms with E-state index in [2.05, 4.69) is 37.6 Å². The fourth-order valence-electron chi connectivity index (χ4n) is 2.80. The van der Waals surface area contributed by atoms with E-state index >= 15 is 0 Å². The van der Waals surface area contributed by atoms with Gasteiger partial charge in [-0.2, -0.15) is 0 Å². The summed E-state index contributed by atoms with van der Waals surface area (Å²) < 4.78 is 12.1. The number of hydrogen-bond acceptors (Lipinski definition) is 3. The van der Waals surface area contributed by atoms with Crippen molar-refractivity contribution < 1.29 is 9.47 Å². The first-order valence-electron chi connectivity index (χ1n) is 8.21. The number of nitrogens with zero attached hydrogens (tertiary/aromatic N) is 1. The summed E-state index contributed by atoms with van der Waals surface area (Å²) in [5, 5.41) is 6.65. The molecule has 0 aromatic heterocycles. The highest BCUT2D eigenvalue weighted by atomic mass is 79.9. The summed E-state index contributed by atoms with van der Waals surface area (Å²) in [6.45, 7) is 1.38. The number of benzene rings is 2. The molecular formula is C19H22BrN3O2. The van der Waals surface area contributed by atoms with Crippen molar-refractivity contribution >= 4 is 21.9 Å². The molecular weight excluding hydrogens is 382 g/mol. The normalized spacial score (nSPS) is 16.1. The van der Waals surface area contributed by atoms with Gasteiger partial charge in [0.25, 0.3) is 0 Å². The highest BCUT2D eigenvalue weighted by Gasteiger charge is 2.22. The molecule has 1 atom stereocenters. The van der Waals surface area contributed by atoms with Crippen LogP contribution in [-0.4, -0.2) is 32.8 Å². The number of para-hydroxylation sites is 1. The Balaban J connectivity index is 1.48. The average molecular weight is 404 g/mol. The maximum absolute atomic E-state index is 5.94. The number of nitrogens with one attached hydrogen (secondary N) is 2. The van der Waals surface area contributed by atoms with Gasteiger partial charge >= 0.3 is 0 Å². The van der Waals surface area contributed by atoms with Crippen LogP contribution in [0.5, 0.6) is 11.5 Å². The zero-order chi connectivity index (χ0) is 17.6. The molecule has 3 rings (SSSR count). The third-order valence-corrected chi connectivity index (χ3v) is 4.73. The van der Waals surface area contributed by atoms with E-state index < -0.39 is 0 Å². The molecule has 25 heavy (non-hydrogen) atoms. The monoisotopic (exact) mass is 403 g/mol. The van der Waals surface area contributed by atoms with E-state index in [0.717, 1.165) is 33.9 Å². The molecule has 0 saturated heterocycles. The Morgan fingerprint density at radius 3 is 2.84 bits per heavy atom. The van der Waals surface area contributed by atoms with Crippen molar-refractivity contribution in [1.82, 2.24) is 10.6 Å². The first-order valence-corrected chi connectivity index (χ1v) is 9.00. The molecule has 0 spiro atoms. The summed E-state index contributed by atoms with van der Waals surface area (Å²) in [5.41, 5.74) is 2.40. The van der Waals surface area contributed by atoms with Crippen molar-refractivity contribution in [1.29, 1.82) is 0 Å². The first kappa shape index (κ1) is 17.6. The molecule has 132 valence electrons. The molecule has 0 radical (unpaired) electrons. The topological polar surface area (TPSA) is 54.9 Å². The Bertz CT molecular complexity index is 739. The molecule has 2 aromatic rings. The van der Waals surface area contributed by atoms with Crippen molar-refractivity contribution in [3.05, 3.63) is 58.1 Å². The molecule has 1 heterocycles. The molecule has 6 heteroatoms. The summed E-state index contributed by atoms with van der Waals surface area (Å²) in [7, 11) is 3.43. The number of methoxy groups -OCH3 is 1. The van der Waals surface area contributed by atoms with Gasteiger partial charge in [0, 0.05) is 20.0 Å². The third-order valence-electron chi connectivity index (χ3n) is 4.11. The summed E-state index contributed by atoms with van der Waals surface area (Å²) >= 11 is 3.51. The lowest BCUT2D eigenvalue weighted by Gasteiger charge is -2.16. The Hall–Kier alpha value is -2.21. The Morgan fingerprint density at radius 2 is 2.12 bits per heavy atom. The van der Waals surface area contributed by atoms with Crippen LogP contribution in [0.4, 0.5) is 0 Å². The van der Waals surface area contributed by atoms with Crippen LogP contribution >= 0.6 is 15.9 Å². The predicted octanol–water partition coefficient (Wildman–Crippen LogP) is 3.13. The minimum atomic E-state index is 0.131. The van der Waals surface area contributed by atoms with Crippen molar-refractivity contribution in [2.24, 2.45) is 4.99 Å². The zero-order valence-corrected chi connectivity index (χ0v) is 16.0. The average Bonchev–Trinajstić information content (AvgIpc) is 3.05. The number of rotatable bonds is 5. The highest BCUT2D eigenvalue weighted by molar-refractivity contribution is 9.10. The zero-order valence-electron chi connectivity index (χ0n) is 14.4. The van der Waals surface area contributed by atoms with Crippen LogP contribution in [0.25, 0.3) is 0 Å². The number of aliphatic imine (C=N–C) groups is 1. The van der Waals surface area contributed by atoms with Gasteiger partial charge in [-0.3, -0.25) is 4.99 Å². The summed E-state index contributed by atoms with van der Waals surface area (Å²) in [6, 6.07) is 14.2. The fourth-order valence-corrected chi connectivity index (χ4v) is 3.39. The lowest BCUT2D eigenvalue weighted by molar-refractivity contribution is 0.235. The van der Waals surface area contributed by atoms with Crippen LogP contribution in [0.2, 0.25) is 0 Å². The number of guanidine groups is 1. The van der Waals surface area contributed by atoms with Crippen molar-refractivity contribution in [2.75, 3.05) is 20.7 Å². The quantitative estimate of drug-likeness (QED) is 0.594. The van der Waals surface area contributed by atoms with Crippen molar-refractivity contribution in [3.63, 3.8) is 0 Å². The van der Waals surface area contributed by atoms with Gasteiger partial charge in [0.1, 0.15) is 17.6 Å². The van der Waals surface area contributed by atoms with E-state index in [-0.39, 0.29) is 6.10 Å². The second-order valence-electron chi connectivity index (χ2n) is 5.83. The van der Waals surface area contributed by atoms with Crippen molar-refractivity contribution in [2.45, 2.75) is 19.1 Å². The van der Waals surface area contributed by atoms with Gasteiger partial charge in [-0.15, -0.1) is 0 Å². The Morgan fingerprint density at radius 1 is 1.28 bits per heavy atom. The molecule has 5 nitrogen and oxygen atoms in total. The Kier molecular flexibility index (Phi) is 5.81. The summed E-state index contributed by atoms with van der Waals surface area (Å²) in [6.07, 6.45) is 1.05. The van der Waals surface area contributed by atoms with Gasteiger partial charge in [0.05, 0.1) is 18.1 Å². The van der Waals surface area contributed by atoms with Crippen LogP contribution in [-0.2, 0) is 13.0 Å². The largest absolute Gasteiger partial charge is 0.496 e. The third kappa shape index (κ3) is 4.45. The summed E-state index contributed by atoms with van der Waals surface area (Å²) in [5.74, 6) is 2.57. The van der Waals surface area contributed by atoms with Gasteiger partial charge in [-0.25, -0.2) is 0 Å². The molecule has 0 amide bonds. The number of ether oxygens (including phenoxy) is 2. The van der Waals surface area contributed by atoms with Gasteiger partial charge < -0.3 is 20.1 Å². The van der Waals surface area contributed by atoms with Gasteiger partial charge in [0.2, 0.25) is 0 Å². The standard InChI is InChI=1S/C19H22BrN3O2/c1-21-19(22-11-13-7-8-18(24-2)16(20)9-13)23-12-15-10-14-5-3-4-6-17(14)25-15/h3-9,15H,10-12H2,1-2H3,(H2,21,22,23). The molecule has 1 aliphatic heterocycles. The molecule has 2 N–H and O–H groups in total. The second-order valence-corrected chi connectivity index (χ2v) is 6.68. The molecule has 0 saturated carbocycles. The molecule has 1 unspecified atom stereocenters. The smallest absolute Gasteiger partial charge is 0.191 e. The van der Waals surface area contributed by atoms with Gasteiger partial charge in [0.15, 0.2) is 5.96 Å². The van der Waals surface area contributed by atoms with E-state index in [1.54, 1.807) is 14.2 Å². The SMILES string of the molecule is CN=C(NCc1ccc(OC)c(Br)c1)NCC1Cc2ccccc2O1. The van der Waals surface area contributed by atoms with Crippen LogP contribution in [0.3, 0.4) is 0 Å². The lowest BCUT2D eigenvalue weighted by Crippen LogP contribution is -2.41. The van der Waals surface area contributed by atoms with Crippen LogP contribution in [0, 0.1) is 0 Å². The molecule has 0 aliphatic carbocycles. The van der Waals surface area contributed by atoms with Crippen molar-refractivity contribution in [3.8, 4) is 11.5 Å². The van der Waals surface area contributed by atoms with E-state index in [1.807, 2.05) is 36.4 Å². The van der Waals surface area contributed by atoms with Crippen LogP contribution in [0.1, 0.15) is 11.1 Å². The molecule has 0 bridgehead atoms. The fraction of sp³-hybridized carbons (Fsp3) is 0.316. The maximum Gasteiger partial charge on any atom is 0.191 e. The minimum absolute atomic E-state index is 0.131. The number of halogens is 1. The lowest BCUT2D eigenvalue weighted by atomic mass is 10.1. The van der Waals surface area contributed by atoms with E-state index in [9.17, 15) is 0 Å². The number of hydrogen-bond donors (Lipinski definition) is 2.